The molecule has 0 aliphatic carbocycles. The van der Waals surface area contributed by atoms with E-state index in [4.69, 9.17) is 10.5 Å². The minimum absolute atomic E-state index is 0. The van der Waals surface area contributed by atoms with Gasteiger partial charge in [-0.2, -0.15) is 0 Å². The van der Waals surface area contributed by atoms with Crippen LogP contribution in [0.25, 0.3) is 0 Å². The van der Waals surface area contributed by atoms with Crippen LogP contribution in [0.2, 0.25) is 0 Å². The molecule has 9 heteroatoms. The zero-order valence-corrected chi connectivity index (χ0v) is 18.7. The number of nitrogens with two attached hydrogens (primary N) is 1. The van der Waals surface area contributed by atoms with Crippen LogP contribution in [0.4, 0.5) is 10.1 Å². The minimum atomic E-state index is -0.360. The smallest absolute Gasteiger partial charge is 0.251 e. The van der Waals surface area contributed by atoms with Crippen molar-refractivity contribution in [3.8, 4) is 0 Å². The zero-order chi connectivity index (χ0) is 19.4. The number of nitrogens with zero attached hydrogens (tertiary/aromatic N) is 4. The number of hydrogen-bond donors (Lipinski definition) is 1. The van der Waals surface area contributed by atoms with Gasteiger partial charge in [0.05, 0.1) is 12.6 Å². The number of likely N-dealkylation sites (N-methyl/N-ethyl adjacent to an activating group) is 1. The third kappa shape index (κ3) is 5.69. The second-order valence-corrected chi connectivity index (χ2v) is 7.21. The molecule has 0 bridgehead atoms. The van der Waals surface area contributed by atoms with Crippen LogP contribution in [0.15, 0.2) is 29.3 Å². The average Bonchev–Trinajstić information content (AvgIpc) is 3.15. The van der Waals surface area contributed by atoms with E-state index < -0.39 is 0 Å². The minimum Gasteiger partial charge on any atom is -0.370 e. The molecular weight excluding hydrogens is 476 g/mol. The normalized spacial score (nSPS) is 22.8. The van der Waals surface area contributed by atoms with E-state index in [1.54, 1.807) is 31.1 Å². The summed E-state index contributed by atoms with van der Waals surface area (Å²) in [6, 6.07) is 6.55. The Bertz CT molecular complexity index is 677. The predicted molar refractivity (Wildman–Crippen MR) is 119 cm³/mol. The Morgan fingerprint density at radius 1 is 1.21 bits per heavy atom. The number of benzene rings is 1. The summed E-state index contributed by atoms with van der Waals surface area (Å²) in [5.74, 6) is 0.295. The first-order valence-corrected chi connectivity index (χ1v) is 9.36. The van der Waals surface area contributed by atoms with Gasteiger partial charge in [-0.3, -0.25) is 9.79 Å². The van der Waals surface area contributed by atoms with Gasteiger partial charge in [0.2, 0.25) is 0 Å². The zero-order valence-electron chi connectivity index (χ0n) is 16.4. The molecule has 2 heterocycles. The Labute approximate surface area is 182 Å². The fourth-order valence-electron chi connectivity index (χ4n) is 3.45. The van der Waals surface area contributed by atoms with Gasteiger partial charge in [-0.25, -0.2) is 4.39 Å². The molecule has 1 aromatic rings. The molecule has 28 heavy (non-hydrogen) atoms. The Kier molecular flexibility index (Phi) is 8.29. The van der Waals surface area contributed by atoms with E-state index in [-0.39, 0.29) is 47.9 Å². The Hall–Kier alpha value is -1.62. The number of aliphatic imine (C=N–C) groups is 1. The molecule has 0 radical (unpaired) electrons. The van der Waals surface area contributed by atoms with Crippen molar-refractivity contribution in [2.75, 3.05) is 51.7 Å². The van der Waals surface area contributed by atoms with Gasteiger partial charge in [0.1, 0.15) is 11.9 Å². The molecular formula is C19H29FIN5O2. The fourth-order valence-corrected chi connectivity index (χ4v) is 3.45. The summed E-state index contributed by atoms with van der Waals surface area (Å²) in [7, 11) is 3.47. The molecule has 0 aromatic heterocycles. The van der Waals surface area contributed by atoms with E-state index in [1.807, 2.05) is 0 Å². The number of carbonyl (C=O) groups is 1. The highest BCUT2D eigenvalue weighted by atomic mass is 127. The lowest BCUT2D eigenvalue weighted by atomic mass is 10.2. The van der Waals surface area contributed by atoms with Crippen LogP contribution >= 0.6 is 24.0 Å². The van der Waals surface area contributed by atoms with Crippen molar-refractivity contribution in [2.24, 2.45) is 10.7 Å². The number of hydrogen-bond acceptors (Lipinski definition) is 4. The number of rotatable bonds is 4. The molecule has 0 spiro atoms. The number of halogens is 2. The summed E-state index contributed by atoms with van der Waals surface area (Å²) in [5, 5.41) is 0. The molecule has 2 atom stereocenters. The monoisotopic (exact) mass is 505 g/mol. The van der Waals surface area contributed by atoms with E-state index in [1.165, 1.54) is 12.1 Å². The molecule has 2 saturated heterocycles. The van der Waals surface area contributed by atoms with Gasteiger partial charge in [-0.05, 0) is 37.1 Å². The number of anilines is 1. The van der Waals surface area contributed by atoms with Gasteiger partial charge in [0, 0.05) is 46.0 Å². The lowest BCUT2D eigenvalue weighted by Gasteiger charge is -2.36. The van der Waals surface area contributed by atoms with Crippen molar-refractivity contribution < 1.29 is 13.9 Å². The highest BCUT2D eigenvalue weighted by Gasteiger charge is 2.31. The first-order valence-electron chi connectivity index (χ1n) is 9.36. The molecule has 156 valence electrons. The van der Waals surface area contributed by atoms with Crippen LogP contribution in [0.1, 0.15) is 12.8 Å². The summed E-state index contributed by atoms with van der Waals surface area (Å²) in [6.45, 7) is 3.61. The van der Waals surface area contributed by atoms with Gasteiger partial charge >= 0.3 is 0 Å². The maximum absolute atomic E-state index is 13.1. The number of piperazine rings is 1. The second-order valence-electron chi connectivity index (χ2n) is 7.21. The van der Waals surface area contributed by atoms with Crippen LogP contribution in [-0.2, 0) is 9.53 Å². The predicted octanol–water partition coefficient (Wildman–Crippen LogP) is 1.52. The van der Waals surface area contributed by atoms with Crippen LogP contribution in [-0.4, -0.2) is 80.7 Å². The lowest BCUT2D eigenvalue weighted by molar-refractivity contribution is -0.140. The van der Waals surface area contributed by atoms with Crippen molar-refractivity contribution in [2.45, 2.75) is 25.0 Å². The summed E-state index contributed by atoms with van der Waals surface area (Å²) in [6.07, 6.45) is 1.13. The fraction of sp³-hybridized carbons (Fsp3) is 0.579. The van der Waals surface area contributed by atoms with Crippen molar-refractivity contribution in [3.63, 3.8) is 0 Å². The highest BCUT2D eigenvalue weighted by molar-refractivity contribution is 14.0. The molecule has 2 aliphatic heterocycles. The van der Waals surface area contributed by atoms with Crippen molar-refractivity contribution >= 4 is 41.5 Å². The second kappa shape index (κ2) is 10.2. The van der Waals surface area contributed by atoms with Gasteiger partial charge in [-0.15, -0.1) is 24.0 Å². The van der Waals surface area contributed by atoms with Crippen molar-refractivity contribution in [1.29, 1.82) is 0 Å². The largest absolute Gasteiger partial charge is 0.370 e. The SMILES string of the molecule is CN(C)C(=O)C1CCC(CN=C(N)N2CCN(c3ccc(F)cc3)CC2)O1.I. The lowest BCUT2D eigenvalue weighted by Crippen LogP contribution is -2.51. The van der Waals surface area contributed by atoms with Crippen LogP contribution in [0.3, 0.4) is 0 Å². The standard InChI is InChI=1S/C19H28FN5O2.HI/c1-23(2)18(26)17-8-7-16(27-17)13-22-19(21)25-11-9-24(10-12-25)15-5-3-14(20)4-6-15;/h3-6,16-17H,7-13H2,1-2H3,(H2,21,22);1H. The van der Waals surface area contributed by atoms with Gasteiger partial charge in [-0.1, -0.05) is 0 Å². The summed E-state index contributed by atoms with van der Waals surface area (Å²) in [4.78, 5) is 22.3. The molecule has 2 aliphatic rings. The number of ether oxygens (including phenoxy) is 1. The van der Waals surface area contributed by atoms with E-state index >= 15 is 0 Å². The van der Waals surface area contributed by atoms with E-state index in [9.17, 15) is 9.18 Å². The molecule has 2 fully saturated rings. The Morgan fingerprint density at radius 2 is 1.86 bits per heavy atom. The summed E-state index contributed by atoms with van der Waals surface area (Å²) < 4.78 is 18.8. The molecule has 7 nitrogen and oxygen atoms in total. The van der Waals surface area contributed by atoms with Crippen LogP contribution in [0, 0.1) is 5.82 Å². The average molecular weight is 505 g/mol. The maximum Gasteiger partial charge on any atom is 0.251 e. The van der Waals surface area contributed by atoms with E-state index in [0.717, 1.165) is 44.7 Å². The highest BCUT2D eigenvalue weighted by Crippen LogP contribution is 2.21. The third-order valence-electron chi connectivity index (χ3n) is 5.08. The third-order valence-corrected chi connectivity index (χ3v) is 5.08. The molecule has 0 saturated carbocycles. The Morgan fingerprint density at radius 3 is 2.46 bits per heavy atom. The quantitative estimate of drug-likeness (QED) is 0.382. The van der Waals surface area contributed by atoms with E-state index in [2.05, 4.69) is 14.8 Å². The van der Waals surface area contributed by atoms with E-state index in [0.29, 0.717) is 12.5 Å². The van der Waals surface area contributed by atoms with Gasteiger partial charge in [0.15, 0.2) is 5.96 Å². The van der Waals surface area contributed by atoms with Gasteiger partial charge in [0.25, 0.3) is 5.91 Å². The summed E-state index contributed by atoms with van der Waals surface area (Å²) >= 11 is 0. The van der Waals surface area contributed by atoms with Crippen molar-refractivity contribution in [1.82, 2.24) is 9.80 Å². The first-order chi connectivity index (χ1) is 12.9. The topological polar surface area (TPSA) is 74.4 Å². The first kappa shape index (κ1) is 22.7. The van der Waals surface area contributed by atoms with Crippen LogP contribution < -0.4 is 10.6 Å². The number of amides is 1. The molecule has 1 amide bonds. The summed E-state index contributed by atoms with van der Waals surface area (Å²) in [5.41, 5.74) is 7.17. The maximum atomic E-state index is 13.1. The number of carbonyl (C=O) groups excluding carboxylic acids is 1. The van der Waals surface area contributed by atoms with Crippen LogP contribution in [0.5, 0.6) is 0 Å². The van der Waals surface area contributed by atoms with Crippen molar-refractivity contribution in [3.05, 3.63) is 30.1 Å². The van der Waals surface area contributed by atoms with Gasteiger partial charge < -0.3 is 25.2 Å². The molecule has 2 N–H and O–H groups in total. The molecule has 1 aromatic carbocycles. The number of guanidine groups is 1. The Balaban J connectivity index is 0.00000280. The molecule has 2 unspecified atom stereocenters. The molecule has 3 rings (SSSR count).